The Morgan fingerprint density at radius 3 is 2.67 bits per heavy atom. The molecular weight excluding hydrogens is 288 g/mol. The average Bonchev–Trinajstić information content (AvgIpc) is 2.88. The van der Waals surface area contributed by atoms with Gasteiger partial charge in [0.15, 0.2) is 6.10 Å². The summed E-state index contributed by atoms with van der Waals surface area (Å²) in [5.41, 5.74) is 0.260. The van der Waals surface area contributed by atoms with Gasteiger partial charge in [0.25, 0.3) is 0 Å². The minimum absolute atomic E-state index is 0.121. The standard InChI is InChI=1S/C14H14F4N2O/c1-8-10(5-4-9(7-19)12(8)15)20-6-2-3-11(20)13(21)14(16,17)18/h4-5,11,13,21H,2-3,6H2,1H3/t11?,13-/m0/s1. The van der Waals surface area contributed by atoms with Crippen LogP contribution in [0.5, 0.6) is 0 Å². The Bertz CT molecular complexity index is 580. The van der Waals surface area contributed by atoms with Crippen molar-refractivity contribution >= 4 is 5.69 Å². The molecule has 0 aliphatic carbocycles. The molecule has 2 rings (SSSR count). The van der Waals surface area contributed by atoms with E-state index in [0.29, 0.717) is 13.0 Å². The van der Waals surface area contributed by atoms with Gasteiger partial charge in [-0.3, -0.25) is 0 Å². The van der Waals surface area contributed by atoms with Gasteiger partial charge >= 0.3 is 6.18 Å². The van der Waals surface area contributed by atoms with Gasteiger partial charge < -0.3 is 10.0 Å². The summed E-state index contributed by atoms with van der Waals surface area (Å²) < 4.78 is 52.0. The van der Waals surface area contributed by atoms with Crippen LogP contribution >= 0.6 is 0 Å². The fourth-order valence-electron chi connectivity index (χ4n) is 2.71. The smallest absolute Gasteiger partial charge is 0.382 e. The molecule has 7 heteroatoms. The fourth-order valence-corrected chi connectivity index (χ4v) is 2.71. The lowest BCUT2D eigenvalue weighted by Gasteiger charge is -2.32. The van der Waals surface area contributed by atoms with Crippen molar-refractivity contribution in [2.75, 3.05) is 11.4 Å². The van der Waals surface area contributed by atoms with E-state index in [4.69, 9.17) is 5.26 Å². The van der Waals surface area contributed by atoms with E-state index in [9.17, 15) is 22.7 Å². The zero-order valence-electron chi connectivity index (χ0n) is 11.3. The molecular formula is C14H14F4N2O. The summed E-state index contributed by atoms with van der Waals surface area (Å²) >= 11 is 0. The van der Waals surface area contributed by atoms with Crippen LogP contribution in [0.4, 0.5) is 23.2 Å². The quantitative estimate of drug-likeness (QED) is 0.855. The van der Waals surface area contributed by atoms with Crippen molar-refractivity contribution in [2.24, 2.45) is 0 Å². The maximum atomic E-state index is 13.9. The second kappa shape index (κ2) is 5.53. The monoisotopic (exact) mass is 302 g/mol. The van der Waals surface area contributed by atoms with Crippen molar-refractivity contribution in [3.8, 4) is 6.07 Å². The molecule has 21 heavy (non-hydrogen) atoms. The van der Waals surface area contributed by atoms with Crippen molar-refractivity contribution < 1.29 is 22.7 Å². The number of aliphatic hydroxyl groups is 1. The average molecular weight is 302 g/mol. The molecule has 0 amide bonds. The lowest BCUT2D eigenvalue weighted by molar-refractivity contribution is -0.209. The topological polar surface area (TPSA) is 47.3 Å². The third-order valence-electron chi connectivity index (χ3n) is 3.79. The molecule has 1 aliphatic heterocycles. The van der Waals surface area contributed by atoms with Crippen molar-refractivity contribution in [1.29, 1.82) is 5.26 Å². The third kappa shape index (κ3) is 2.81. The molecule has 1 unspecified atom stereocenters. The van der Waals surface area contributed by atoms with Gasteiger partial charge in [-0.05, 0) is 31.9 Å². The Balaban J connectivity index is 2.38. The maximum absolute atomic E-state index is 13.9. The normalized spacial score (nSPS) is 20.4. The van der Waals surface area contributed by atoms with Gasteiger partial charge in [-0.25, -0.2) is 4.39 Å². The minimum Gasteiger partial charge on any atom is -0.382 e. The first-order valence-electron chi connectivity index (χ1n) is 6.48. The van der Waals surface area contributed by atoms with Crippen LogP contribution in [0.25, 0.3) is 0 Å². The van der Waals surface area contributed by atoms with E-state index in [0.717, 1.165) is 0 Å². The zero-order valence-corrected chi connectivity index (χ0v) is 11.3. The molecule has 0 radical (unpaired) electrons. The highest BCUT2D eigenvalue weighted by Gasteiger charge is 2.47. The Morgan fingerprint density at radius 1 is 1.43 bits per heavy atom. The van der Waals surface area contributed by atoms with Gasteiger partial charge in [0.05, 0.1) is 11.6 Å². The highest BCUT2D eigenvalue weighted by atomic mass is 19.4. The van der Waals surface area contributed by atoms with E-state index in [-0.39, 0.29) is 23.2 Å². The molecule has 1 saturated heterocycles. The molecule has 1 fully saturated rings. The number of nitriles is 1. The number of hydrogen-bond acceptors (Lipinski definition) is 3. The SMILES string of the molecule is Cc1c(N2CCCC2[C@H](O)C(F)(F)F)ccc(C#N)c1F. The molecule has 114 valence electrons. The predicted molar refractivity (Wildman–Crippen MR) is 68.3 cm³/mol. The van der Waals surface area contributed by atoms with Gasteiger partial charge in [-0.2, -0.15) is 18.4 Å². The van der Waals surface area contributed by atoms with Crippen LogP contribution in [-0.2, 0) is 0 Å². The van der Waals surface area contributed by atoms with Gasteiger partial charge in [-0.1, -0.05) is 0 Å². The highest BCUT2D eigenvalue weighted by Crippen LogP contribution is 2.36. The van der Waals surface area contributed by atoms with Gasteiger partial charge in [0.1, 0.15) is 11.9 Å². The Kier molecular flexibility index (Phi) is 4.10. The summed E-state index contributed by atoms with van der Waals surface area (Å²) in [5, 5.41) is 18.2. The summed E-state index contributed by atoms with van der Waals surface area (Å²) in [6, 6.07) is 3.23. The summed E-state index contributed by atoms with van der Waals surface area (Å²) in [7, 11) is 0. The van der Waals surface area contributed by atoms with Crippen LogP contribution in [0, 0.1) is 24.1 Å². The van der Waals surface area contributed by atoms with Gasteiger partial charge in [0.2, 0.25) is 0 Å². The third-order valence-corrected chi connectivity index (χ3v) is 3.79. The first kappa shape index (κ1) is 15.6. The molecule has 3 nitrogen and oxygen atoms in total. The van der Waals surface area contributed by atoms with E-state index in [1.165, 1.54) is 24.0 Å². The Labute approximate surface area is 119 Å². The second-order valence-corrected chi connectivity index (χ2v) is 5.07. The number of hydrogen-bond donors (Lipinski definition) is 1. The fraction of sp³-hybridized carbons (Fsp3) is 0.500. The van der Waals surface area contributed by atoms with Crippen LogP contribution in [0.15, 0.2) is 12.1 Å². The lowest BCUT2D eigenvalue weighted by Crippen LogP contribution is -2.47. The molecule has 1 aromatic carbocycles. The van der Waals surface area contributed by atoms with Crippen molar-refractivity contribution in [1.82, 2.24) is 0 Å². The largest absolute Gasteiger partial charge is 0.416 e. The summed E-state index contributed by atoms with van der Waals surface area (Å²) in [6.07, 6.45) is -6.52. The number of halogens is 4. The number of benzene rings is 1. The molecule has 1 N–H and O–H groups in total. The molecule has 0 spiro atoms. The molecule has 1 heterocycles. The Hall–Kier alpha value is -1.81. The maximum Gasteiger partial charge on any atom is 0.416 e. The lowest BCUT2D eigenvalue weighted by atomic mass is 10.0. The number of nitrogens with zero attached hydrogens (tertiary/aromatic N) is 2. The van der Waals surface area contributed by atoms with Crippen LogP contribution in [0.2, 0.25) is 0 Å². The van der Waals surface area contributed by atoms with Gasteiger partial charge in [0, 0.05) is 17.8 Å². The molecule has 0 saturated carbocycles. The predicted octanol–water partition coefficient (Wildman–Crippen LogP) is 2.90. The zero-order chi connectivity index (χ0) is 15.8. The van der Waals surface area contributed by atoms with Crippen molar-refractivity contribution in [3.05, 3.63) is 29.1 Å². The molecule has 0 bridgehead atoms. The summed E-state index contributed by atoms with van der Waals surface area (Å²) in [5.74, 6) is -0.734. The van der Waals surface area contributed by atoms with Crippen LogP contribution in [0.3, 0.4) is 0 Å². The van der Waals surface area contributed by atoms with Crippen LogP contribution < -0.4 is 4.90 Å². The van der Waals surface area contributed by atoms with E-state index in [1.54, 1.807) is 6.07 Å². The van der Waals surface area contributed by atoms with E-state index >= 15 is 0 Å². The number of anilines is 1. The minimum atomic E-state index is -4.72. The first-order valence-corrected chi connectivity index (χ1v) is 6.48. The molecule has 2 atom stereocenters. The van der Waals surface area contributed by atoms with Crippen molar-refractivity contribution in [3.63, 3.8) is 0 Å². The van der Waals surface area contributed by atoms with E-state index in [1.807, 2.05) is 0 Å². The first-order chi connectivity index (χ1) is 9.77. The van der Waals surface area contributed by atoms with E-state index < -0.39 is 24.1 Å². The molecule has 1 aromatic rings. The summed E-state index contributed by atoms with van der Waals surface area (Å²) in [4.78, 5) is 1.37. The Morgan fingerprint density at radius 2 is 2.10 bits per heavy atom. The molecule has 1 aliphatic rings. The number of aliphatic hydroxyl groups excluding tert-OH is 1. The number of rotatable bonds is 2. The second-order valence-electron chi connectivity index (χ2n) is 5.07. The van der Waals surface area contributed by atoms with Crippen molar-refractivity contribution in [2.45, 2.75) is 38.1 Å². The number of alkyl halides is 3. The van der Waals surface area contributed by atoms with Gasteiger partial charge in [-0.15, -0.1) is 0 Å². The van der Waals surface area contributed by atoms with Crippen LogP contribution in [-0.4, -0.2) is 30.0 Å². The van der Waals surface area contributed by atoms with E-state index in [2.05, 4.69) is 0 Å². The molecule has 0 aromatic heterocycles. The highest BCUT2D eigenvalue weighted by molar-refractivity contribution is 5.58. The van der Waals surface area contributed by atoms with Crippen LogP contribution in [0.1, 0.15) is 24.0 Å². The summed E-state index contributed by atoms with van der Waals surface area (Å²) in [6.45, 7) is 1.73.